The number of aliphatic carboxylic acids is 1. The Morgan fingerprint density at radius 1 is 1.24 bits per heavy atom. The van der Waals surface area contributed by atoms with Crippen molar-refractivity contribution < 1.29 is 19.4 Å². The monoisotopic (exact) mass is 299 g/mol. The number of hydrogen-bond acceptors (Lipinski definition) is 3. The maximum absolute atomic E-state index is 12.2. The minimum atomic E-state index is -0.848. The lowest BCUT2D eigenvalue weighted by molar-refractivity contribution is -0.138. The molecule has 0 aromatic carbocycles. The van der Waals surface area contributed by atoms with Crippen LogP contribution in [0.3, 0.4) is 0 Å². The molecule has 0 saturated carbocycles. The number of nitrogens with zero attached hydrogens (tertiary/aromatic N) is 1. The minimum Gasteiger partial charge on any atom is -0.481 e. The predicted octanol–water partition coefficient (Wildman–Crippen LogP) is 2.54. The summed E-state index contributed by atoms with van der Waals surface area (Å²) in [5, 5.41) is 8.77. The fraction of sp³-hybridized carbons (Fsp3) is 0.875. The van der Waals surface area contributed by atoms with Crippen LogP contribution in [-0.2, 0) is 14.3 Å². The van der Waals surface area contributed by atoms with Crippen LogP contribution >= 0.6 is 0 Å². The molecule has 122 valence electrons. The molecule has 5 heteroatoms. The summed E-state index contributed by atoms with van der Waals surface area (Å²) in [6, 6.07) is 0. The predicted molar refractivity (Wildman–Crippen MR) is 81.1 cm³/mol. The van der Waals surface area contributed by atoms with E-state index in [1.807, 2.05) is 13.8 Å². The van der Waals surface area contributed by atoms with Gasteiger partial charge in [-0.05, 0) is 37.5 Å². The first-order valence-corrected chi connectivity index (χ1v) is 8.06. The van der Waals surface area contributed by atoms with Crippen molar-refractivity contribution in [2.75, 3.05) is 26.3 Å². The van der Waals surface area contributed by atoms with Crippen molar-refractivity contribution in [2.24, 2.45) is 11.8 Å². The van der Waals surface area contributed by atoms with Gasteiger partial charge in [-0.15, -0.1) is 0 Å². The molecule has 21 heavy (non-hydrogen) atoms. The van der Waals surface area contributed by atoms with E-state index < -0.39 is 5.97 Å². The van der Waals surface area contributed by atoms with Crippen LogP contribution in [0.1, 0.15) is 52.4 Å². The standard InChI is InChI=1S/C16H29NO4/c1-13(2)12-17(9-6-16(19)20)15(18)5-3-4-14-7-10-21-11-8-14/h13-14H,3-12H2,1-2H3,(H,19,20). The molecule has 1 heterocycles. The third-order valence-electron chi connectivity index (χ3n) is 3.88. The van der Waals surface area contributed by atoms with Gasteiger partial charge in [0.25, 0.3) is 0 Å². The highest BCUT2D eigenvalue weighted by Gasteiger charge is 2.18. The van der Waals surface area contributed by atoms with Crippen LogP contribution in [0, 0.1) is 11.8 Å². The molecule has 0 unspecified atom stereocenters. The van der Waals surface area contributed by atoms with E-state index >= 15 is 0 Å². The van der Waals surface area contributed by atoms with Gasteiger partial charge in [0, 0.05) is 32.7 Å². The van der Waals surface area contributed by atoms with E-state index in [1.165, 1.54) is 0 Å². The Hall–Kier alpha value is -1.10. The average molecular weight is 299 g/mol. The summed E-state index contributed by atoms with van der Waals surface area (Å²) in [5.74, 6) is 0.290. The van der Waals surface area contributed by atoms with Gasteiger partial charge in [-0.3, -0.25) is 9.59 Å². The second-order valence-corrected chi connectivity index (χ2v) is 6.33. The molecule has 0 aromatic heterocycles. The van der Waals surface area contributed by atoms with Crippen LogP contribution in [-0.4, -0.2) is 48.2 Å². The first-order chi connectivity index (χ1) is 9.99. The summed E-state index contributed by atoms with van der Waals surface area (Å²) in [6.07, 6.45) is 4.72. The Morgan fingerprint density at radius 3 is 2.48 bits per heavy atom. The molecule has 1 amide bonds. The maximum Gasteiger partial charge on any atom is 0.305 e. The van der Waals surface area contributed by atoms with Crippen LogP contribution < -0.4 is 0 Å². The van der Waals surface area contributed by atoms with Gasteiger partial charge in [0.2, 0.25) is 5.91 Å². The van der Waals surface area contributed by atoms with Crippen LogP contribution in [0.2, 0.25) is 0 Å². The van der Waals surface area contributed by atoms with Gasteiger partial charge in [0.1, 0.15) is 0 Å². The van der Waals surface area contributed by atoms with Crippen molar-refractivity contribution >= 4 is 11.9 Å². The number of carboxylic acids is 1. The van der Waals surface area contributed by atoms with Crippen molar-refractivity contribution in [3.05, 3.63) is 0 Å². The Labute approximate surface area is 127 Å². The average Bonchev–Trinajstić information content (AvgIpc) is 2.44. The summed E-state index contributed by atoms with van der Waals surface area (Å²) >= 11 is 0. The number of carbonyl (C=O) groups is 2. The molecule has 1 aliphatic heterocycles. The number of amides is 1. The summed E-state index contributed by atoms with van der Waals surface area (Å²) in [4.78, 5) is 24.6. The highest BCUT2D eigenvalue weighted by molar-refractivity contribution is 5.77. The molecular weight excluding hydrogens is 270 g/mol. The van der Waals surface area contributed by atoms with Crippen molar-refractivity contribution in [3.8, 4) is 0 Å². The van der Waals surface area contributed by atoms with Crippen LogP contribution in [0.15, 0.2) is 0 Å². The molecule has 1 rings (SSSR count). The number of carbonyl (C=O) groups excluding carboxylic acids is 1. The molecule has 0 aliphatic carbocycles. The van der Waals surface area contributed by atoms with Gasteiger partial charge in [-0.1, -0.05) is 13.8 Å². The second kappa shape index (κ2) is 9.77. The lowest BCUT2D eigenvalue weighted by Gasteiger charge is -2.25. The molecule has 0 aromatic rings. The van der Waals surface area contributed by atoms with Crippen LogP contribution in [0.5, 0.6) is 0 Å². The van der Waals surface area contributed by atoms with Crippen molar-refractivity contribution in [3.63, 3.8) is 0 Å². The fourth-order valence-corrected chi connectivity index (χ4v) is 2.72. The maximum atomic E-state index is 12.2. The quantitative estimate of drug-likeness (QED) is 0.710. The molecule has 1 aliphatic rings. The lowest BCUT2D eigenvalue weighted by Crippen LogP contribution is -2.35. The van der Waals surface area contributed by atoms with E-state index in [9.17, 15) is 9.59 Å². The Kier molecular flexibility index (Phi) is 8.35. The third kappa shape index (κ3) is 8.05. The van der Waals surface area contributed by atoms with Gasteiger partial charge < -0.3 is 14.7 Å². The van der Waals surface area contributed by atoms with E-state index in [4.69, 9.17) is 9.84 Å². The van der Waals surface area contributed by atoms with E-state index in [1.54, 1.807) is 4.90 Å². The smallest absolute Gasteiger partial charge is 0.305 e. The zero-order valence-corrected chi connectivity index (χ0v) is 13.3. The number of hydrogen-bond donors (Lipinski definition) is 1. The summed E-state index contributed by atoms with van der Waals surface area (Å²) in [7, 11) is 0. The first kappa shape index (κ1) is 18.0. The van der Waals surface area contributed by atoms with E-state index in [0.717, 1.165) is 38.9 Å². The van der Waals surface area contributed by atoms with E-state index in [0.29, 0.717) is 31.3 Å². The molecule has 1 saturated heterocycles. The van der Waals surface area contributed by atoms with Gasteiger partial charge in [0.05, 0.1) is 6.42 Å². The molecule has 5 nitrogen and oxygen atoms in total. The van der Waals surface area contributed by atoms with Crippen molar-refractivity contribution in [2.45, 2.75) is 52.4 Å². The highest BCUT2D eigenvalue weighted by Crippen LogP contribution is 2.21. The van der Waals surface area contributed by atoms with Crippen LogP contribution in [0.25, 0.3) is 0 Å². The first-order valence-electron chi connectivity index (χ1n) is 8.06. The van der Waals surface area contributed by atoms with E-state index in [2.05, 4.69) is 0 Å². The molecule has 0 bridgehead atoms. The molecule has 0 spiro atoms. The number of rotatable bonds is 9. The highest BCUT2D eigenvalue weighted by atomic mass is 16.5. The topological polar surface area (TPSA) is 66.8 Å². The van der Waals surface area contributed by atoms with E-state index in [-0.39, 0.29) is 12.3 Å². The number of ether oxygens (including phenoxy) is 1. The third-order valence-corrected chi connectivity index (χ3v) is 3.88. The normalized spacial score (nSPS) is 16.1. The zero-order valence-electron chi connectivity index (χ0n) is 13.3. The van der Waals surface area contributed by atoms with Crippen molar-refractivity contribution in [1.82, 2.24) is 4.90 Å². The molecule has 0 atom stereocenters. The van der Waals surface area contributed by atoms with Gasteiger partial charge >= 0.3 is 5.97 Å². The molecule has 1 N–H and O–H groups in total. The Morgan fingerprint density at radius 2 is 1.90 bits per heavy atom. The van der Waals surface area contributed by atoms with Gasteiger partial charge in [-0.2, -0.15) is 0 Å². The SMILES string of the molecule is CC(C)CN(CCC(=O)O)C(=O)CCCC1CCOCC1. The Balaban J connectivity index is 2.30. The summed E-state index contributed by atoms with van der Waals surface area (Å²) in [5.41, 5.74) is 0. The second-order valence-electron chi connectivity index (χ2n) is 6.33. The zero-order chi connectivity index (χ0) is 15.7. The van der Waals surface area contributed by atoms with Gasteiger partial charge in [0.15, 0.2) is 0 Å². The molecule has 0 radical (unpaired) electrons. The largest absolute Gasteiger partial charge is 0.481 e. The van der Waals surface area contributed by atoms with Gasteiger partial charge in [-0.25, -0.2) is 0 Å². The fourth-order valence-electron chi connectivity index (χ4n) is 2.72. The van der Waals surface area contributed by atoms with Crippen molar-refractivity contribution in [1.29, 1.82) is 0 Å². The minimum absolute atomic E-state index is 0.0262. The molecular formula is C16H29NO4. The Bertz CT molecular complexity index is 324. The number of carboxylic acid groups (broad SMARTS) is 1. The molecule has 1 fully saturated rings. The lowest BCUT2D eigenvalue weighted by atomic mass is 9.94. The summed E-state index contributed by atoms with van der Waals surface area (Å²) in [6.45, 7) is 6.74. The summed E-state index contributed by atoms with van der Waals surface area (Å²) < 4.78 is 5.33. The van der Waals surface area contributed by atoms with Crippen LogP contribution in [0.4, 0.5) is 0 Å².